The largest absolute Gasteiger partial charge is 0.494 e. The second-order valence-corrected chi connectivity index (χ2v) is 5.94. The third-order valence-electron chi connectivity index (χ3n) is 3.94. The van der Waals surface area contributed by atoms with E-state index in [9.17, 15) is 24.5 Å². The molecule has 1 aliphatic rings. The highest BCUT2D eigenvalue weighted by atomic mass is 16.6. The SMILES string of the molecule is COC(=O)CCCCCOc1ccc([N+](=O)[O-])c(/C=C2\CC(=O)NC2=O)c1. The minimum Gasteiger partial charge on any atom is -0.494 e. The highest BCUT2D eigenvalue weighted by Crippen LogP contribution is 2.28. The number of nitro benzene ring substituents is 1. The molecule has 1 saturated heterocycles. The quantitative estimate of drug-likeness (QED) is 0.175. The molecule has 9 heteroatoms. The lowest BCUT2D eigenvalue weighted by Gasteiger charge is -2.07. The van der Waals surface area contributed by atoms with Gasteiger partial charge in [-0.1, -0.05) is 0 Å². The first-order chi connectivity index (χ1) is 12.9. The number of benzene rings is 1. The molecule has 144 valence electrons. The van der Waals surface area contributed by atoms with Crippen molar-refractivity contribution in [3.63, 3.8) is 0 Å². The number of hydrogen-bond donors (Lipinski definition) is 1. The summed E-state index contributed by atoms with van der Waals surface area (Å²) in [5.74, 6) is -0.817. The predicted molar refractivity (Wildman–Crippen MR) is 94.8 cm³/mol. The standard InChI is InChI=1S/C18H20N2O7/c1-26-17(22)5-3-2-4-8-27-14-6-7-15(20(24)25)12(10-14)9-13-11-16(21)19-18(13)23/h6-7,9-10H,2-5,8,11H2,1H3,(H,19,21,23)/b13-9+. The number of nitrogens with zero attached hydrogens (tertiary/aromatic N) is 1. The van der Waals surface area contributed by atoms with E-state index in [0.717, 1.165) is 6.42 Å². The number of hydrogen-bond acceptors (Lipinski definition) is 7. The Balaban J connectivity index is 1.99. The first kappa shape index (κ1) is 20.1. The lowest BCUT2D eigenvalue weighted by molar-refractivity contribution is -0.385. The van der Waals surface area contributed by atoms with E-state index in [-0.39, 0.29) is 29.2 Å². The molecule has 0 spiro atoms. The number of esters is 1. The summed E-state index contributed by atoms with van der Waals surface area (Å²) in [7, 11) is 1.35. The number of methoxy groups -OCH3 is 1. The number of ether oxygens (including phenoxy) is 2. The predicted octanol–water partition coefficient (Wildman–Crippen LogP) is 2.14. The van der Waals surface area contributed by atoms with E-state index in [2.05, 4.69) is 10.1 Å². The fourth-order valence-electron chi connectivity index (χ4n) is 2.55. The Hall–Kier alpha value is -3.23. The van der Waals surface area contributed by atoms with E-state index in [1.807, 2.05) is 0 Å². The smallest absolute Gasteiger partial charge is 0.305 e. The number of carbonyl (C=O) groups excluding carboxylic acids is 3. The van der Waals surface area contributed by atoms with Crippen molar-refractivity contribution in [1.29, 1.82) is 0 Å². The third-order valence-corrected chi connectivity index (χ3v) is 3.94. The van der Waals surface area contributed by atoms with Gasteiger partial charge < -0.3 is 9.47 Å². The number of rotatable bonds is 9. The molecular weight excluding hydrogens is 356 g/mol. The molecule has 1 N–H and O–H groups in total. The maximum Gasteiger partial charge on any atom is 0.305 e. The highest BCUT2D eigenvalue weighted by Gasteiger charge is 2.25. The van der Waals surface area contributed by atoms with Gasteiger partial charge in [0.05, 0.1) is 30.6 Å². The van der Waals surface area contributed by atoms with Gasteiger partial charge in [0.15, 0.2) is 0 Å². The van der Waals surface area contributed by atoms with Crippen LogP contribution in [0.25, 0.3) is 6.08 Å². The lowest BCUT2D eigenvalue weighted by Crippen LogP contribution is -2.19. The number of nitro groups is 1. The van der Waals surface area contributed by atoms with Gasteiger partial charge in [-0.2, -0.15) is 0 Å². The van der Waals surface area contributed by atoms with E-state index >= 15 is 0 Å². The molecule has 2 rings (SSSR count). The Morgan fingerprint density at radius 3 is 2.70 bits per heavy atom. The number of unbranched alkanes of at least 4 members (excludes halogenated alkanes) is 2. The molecule has 0 aromatic heterocycles. The Morgan fingerprint density at radius 1 is 1.30 bits per heavy atom. The van der Waals surface area contributed by atoms with Crippen LogP contribution in [0.5, 0.6) is 5.75 Å². The van der Waals surface area contributed by atoms with Crippen molar-refractivity contribution in [3.05, 3.63) is 39.4 Å². The van der Waals surface area contributed by atoms with Crippen molar-refractivity contribution in [2.75, 3.05) is 13.7 Å². The monoisotopic (exact) mass is 376 g/mol. The van der Waals surface area contributed by atoms with E-state index < -0.39 is 16.7 Å². The van der Waals surface area contributed by atoms with Crippen LogP contribution >= 0.6 is 0 Å². The molecule has 1 aromatic rings. The number of imide groups is 1. The normalized spacial score (nSPS) is 14.9. The first-order valence-corrected chi connectivity index (χ1v) is 8.43. The summed E-state index contributed by atoms with van der Waals surface area (Å²) in [5, 5.41) is 13.3. The van der Waals surface area contributed by atoms with Crippen LogP contribution in [0.3, 0.4) is 0 Å². The van der Waals surface area contributed by atoms with Gasteiger partial charge in [0.1, 0.15) is 5.75 Å². The Kier molecular flexibility index (Phi) is 7.04. The molecule has 27 heavy (non-hydrogen) atoms. The van der Waals surface area contributed by atoms with E-state index in [1.165, 1.54) is 31.4 Å². The van der Waals surface area contributed by atoms with Gasteiger partial charge in [-0.25, -0.2) is 0 Å². The average molecular weight is 376 g/mol. The Labute approximate surface area is 155 Å². The van der Waals surface area contributed by atoms with E-state index in [4.69, 9.17) is 4.74 Å². The second kappa shape index (κ2) is 9.46. The van der Waals surface area contributed by atoms with Crippen LogP contribution in [-0.2, 0) is 19.1 Å². The van der Waals surface area contributed by atoms with Crippen LogP contribution < -0.4 is 10.1 Å². The van der Waals surface area contributed by atoms with Crippen LogP contribution in [0.15, 0.2) is 23.8 Å². The molecule has 0 aliphatic carbocycles. The van der Waals surface area contributed by atoms with Gasteiger partial charge >= 0.3 is 5.97 Å². The molecule has 1 heterocycles. The second-order valence-electron chi connectivity index (χ2n) is 5.94. The number of nitrogens with one attached hydrogen (secondary N) is 1. The molecule has 0 atom stereocenters. The maximum atomic E-state index is 11.7. The maximum absolute atomic E-state index is 11.7. The number of amides is 2. The summed E-state index contributed by atoms with van der Waals surface area (Å²) >= 11 is 0. The third kappa shape index (κ3) is 5.91. The molecule has 0 saturated carbocycles. The summed E-state index contributed by atoms with van der Waals surface area (Å²) in [4.78, 5) is 44.6. The molecule has 1 aliphatic heterocycles. The Bertz CT molecular complexity index is 786. The summed E-state index contributed by atoms with van der Waals surface area (Å²) in [6.45, 7) is 0.383. The van der Waals surface area contributed by atoms with Crippen molar-refractivity contribution in [2.45, 2.75) is 32.1 Å². The minimum atomic E-state index is -0.558. The molecule has 0 unspecified atom stereocenters. The molecule has 2 amide bonds. The van der Waals surface area contributed by atoms with Crippen molar-refractivity contribution >= 4 is 29.5 Å². The molecule has 1 aromatic carbocycles. The van der Waals surface area contributed by atoms with Crippen molar-refractivity contribution in [3.8, 4) is 5.75 Å². The lowest BCUT2D eigenvalue weighted by atomic mass is 10.1. The summed E-state index contributed by atoms with van der Waals surface area (Å²) in [6, 6.07) is 4.25. The van der Waals surface area contributed by atoms with Gasteiger partial charge in [-0.15, -0.1) is 0 Å². The van der Waals surface area contributed by atoms with Crippen molar-refractivity contribution < 1.29 is 28.8 Å². The van der Waals surface area contributed by atoms with Gasteiger partial charge in [-0.3, -0.25) is 29.8 Å². The molecule has 0 bridgehead atoms. The zero-order valence-electron chi connectivity index (χ0n) is 14.9. The highest BCUT2D eigenvalue weighted by molar-refractivity contribution is 6.15. The van der Waals surface area contributed by atoms with Gasteiger partial charge in [0.2, 0.25) is 5.91 Å². The fraction of sp³-hybridized carbons (Fsp3) is 0.389. The van der Waals surface area contributed by atoms with E-state index in [0.29, 0.717) is 31.6 Å². The topological polar surface area (TPSA) is 125 Å². The molecule has 0 radical (unpaired) electrons. The zero-order chi connectivity index (χ0) is 19.8. The van der Waals surface area contributed by atoms with Crippen LogP contribution in [0.4, 0.5) is 5.69 Å². The van der Waals surface area contributed by atoms with Crippen LogP contribution in [0, 0.1) is 10.1 Å². The van der Waals surface area contributed by atoms with Crippen LogP contribution in [0.2, 0.25) is 0 Å². The van der Waals surface area contributed by atoms with Crippen molar-refractivity contribution in [2.24, 2.45) is 0 Å². The van der Waals surface area contributed by atoms with Gasteiger partial charge in [0.25, 0.3) is 11.6 Å². The van der Waals surface area contributed by atoms with E-state index in [1.54, 1.807) is 0 Å². The summed E-state index contributed by atoms with van der Waals surface area (Å²) in [6.07, 6.45) is 3.76. The minimum absolute atomic E-state index is 0.110. The summed E-state index contributed by atoms with van der Waals surface area (Å²) in [5.41, 5.74) is 0.186. The average Bonchev–Trinajstić information content (AvgIpc) is 2.94. The molecule has 9 nitrogen and oxygen atoms in total. The fourth-order valence-corrected chi connectivity index (χ4v) is 2.55. The number of carbonyl (C=O) groups is 3. The Morgan fingerprint density at radius 2 is 2.07 bits per heavy atom. The molecule has 1 fully saturated rings. The first-order valence-electron chi connectivity index (χ1n) is 8.43. The van der Waals surface area contributed by atoms with Gasteiger partial charge in [-0.05, 0) is 37.5 Å². The molecular formula is C18H20N2O7. The van der Waals surface area contributed by atoms with Crippen molar-refractivity contribution in [1.82, 2.24) is 5.32 Å². The van der Waals surface area contributed by atoms with Gasteiger partial charge in [0, 0.05) is 18.1 Å². The zero-order valence-corrected chi connectivity index (χ0v) is 14.9. The van der Waals surface area contributed by atoms with Crippen LogP contribution in [0.1, 0.15) is 37.7 Å². The van der Waals surface area contributed by atoms with Crippen LogP contribution in [-0.4, -0.2) is 36.4 Å². The summed E-state index contributed by atoms with van der Waals surface area (Å²) < 4.78 is 10.1.